The van der Waals surface area contributed by atoms with Gasteiger partial charge in [-0.15, -0.1) is 10.2 Å². The highest BCUT2D eigenvalue weighted by Crippen LogP contribution is 2.20. The number of nitrogens with zero attached hydrogens (tertiary/aromatic N) is 6. The van der Waals surface area contributed by atoms with Gasteiger partial charge in [0.05, 0.1) is 5.69 Å². The number of rotatable bonds is 4. The van der Waals surface area contributed by atoms with Crippen LogP contribution >= 0.6 is 0 Å². The molecule has 2 aliphatic rings. The van der Waals surface area contributed by atoms with Crippen molar-refractivity contribution in [2.45, 2.75) is 32.7 Å². The van der Waals surface area contributed by atoms with Crippen LogP contribution in [0, 0.1) is 6.92 Å². The number of hydrogen-bond donors (Lipinski definition) is 0. The normalized spacial score (nSPS) is 19.0. The molecular weight excluding hydrogens is 324 g/mol. The topological polar surface area (TPSA) is 48.4 Å². The summed E-state index contributed by atoms with van der Waals surface area (Å²) < 4.78 is 0. The summed E-state index contributed by atoms with van der Waals surface area (Å²) in [6.45, 7) is 9.34. The van der Waals surface area contributed by atoms with Gasteiger partial charge in [0, 0.05) is 52.0 Å². The molecule has 0 spiro atoms. The van der Waals surface area contributed by atoms with E-state index in [9.17, 15) is 0 Å². The minimum atomic E-state index is 0.931. The summed E-state index contributed by atoms with van der Waals surface area (Å²) in [5.41, 5.74) is 2.46. The van der Waals surface area contributed by atoms with E-state index in [0.29, 0.717) is 0 Å². The van der Waals surface area contributed by atoms with Crippen molar-refractivity contribution in [3.63, 3.8) is 0 Å². The molecule has 0 bridgehead atoms. The van der Waals surface area contributed by atoms with Crippen LogP contribution in [-0.4, -0.2) is 59.3 Å². The van der Waals surface area contributed by atoms with Crippen LogP contribution < -0.4 is 9.80 Å². The van der Waals surface area contributed by atoms with Crippen LogP contribution in [0.1, 0.15) is 30.5 Å². The van der Waals surface area contributed by atoms with Crippen LogP contribution in [0.2, 0.25) is 0 Å². The van der Waals surface area contributed by atoms with E-state index in [0.717, 1.165) is 57.4 Å². The lowest BCUT2D eigenvalue weighted by atomic mass is 10.1. The minimum Gasteiger partial charge on any atom is -0.355 e. The lowest BCUT2D eigenvalue weighted by Crippen LogP contribution is -2.46. The maximum Gasteiger partial charge on any atom is 0.151 e. The van der Waals surface area contributed by atoms with Gasteiger partial charge in [-0.1, -0.05) is 6.07 Å². The molecule has 2 aliphatic heterocycles. The average Bonchev–Trinajstić information content (AvgIpc) is 2.71. The lowest BCUT2D eigenvalue weighted by Gasteiger charge is -2.35. The summed E-state index contributed by atoms with van der Waals surface area (Å²) in [6, 6.07) is 8.41. The second kappa shape index (κ2) is 7.99. The Balaban J connectivity index is 1.32. The van der Waals surface area contributed by atoms with E-state index in [1.807, 2.05) is 12.3 Å². The molecule has 6 nitrogen and oxygen atoms in total. The van der Waals surface area contributed by atoms with E-state index in [1.165, 1.54) is 30.5 Å². The van der Waals surface area contributed by atoms with Crippen LogP contribution in [0.4, 0.5) is 11.6 Å². The van der Waals surface area contributed by atoms with Crippen LogP contribution in [-0.2, 0) is 6.54 Å². The van der Waals surface area contributed by atoms with E-state index >= 15 is 0 Å². The number of pyridine rings is 1. The zero-order valence-corrected chi connectivity index (χ0v) is 15.6. The fourth-order valence-electron chi connectivity index (χ4n) is 3.81. The summed E-state index contributed by atoms with van der Waals surface area (Å²) in [4.78, 5) is 11.7. The van der Waals surface area contributed by atoms with Crippen molar-refractivity contribution < 1.29 is 0 Å². The Labute approximate surface area is 155 Å². The van der Waals surface area contributed by atoms with Gasteiger partial charge in [-0.2, -0.15) is 0 Å². The van der Waals surface area contributed by atoms with E-state index in [2.05, 4.69) is 55.0 Å². The summed E-state index contributed by atoms with van der Waals surface area (Å²) in [5, 5.41) is 8.99. The monoisotopic (exact) mass is 352 g/mol. The Morgan fingerprint density at radius 2 is 1.46 bits per heavy atom. The number of aromatic nitrogens is 3. The van der Waals surface area contributed by atoms with Crippen molar-refractivity contribution in [3.8, 4) is 0 Å². The van der Waals surface area contributed by atoms with Crippen molar-refractivity contribution in [3.05, 3.63) is 41.7 Å². The van der Waals surface area contributed by atoms with Crippen LogP contribution in [0.25, 0.3) is 0 Å². The molecule has 0 aliphatic carbocycles. The quantitative estimate of drug-likeness (QED) is 0.843. The largest absolute Gasteiger partial charge is 0.355 e. The Morgan fingerprint density at radius 1 is 0.808 bits per heavy atom. The van der Waals surface area contributed by atoms with Crippen molar-refractivity contribution in [2.24, 2.45) is 0 Å². The molecule has 0 unspecified atom stereocenters. The second-order valence-corrected chi connectivity index (χ2v) is 7.33. The number of hydrogen-bond acceptors (Lipinski definition) is 6. The molecule has 0 radical (unpaired) electrons. The Bertz CT molecular complexity index is 702. The van der Waals surface area contributed by atoms with E-state index in [-0.39, 0.29) is 0 Å². The first-order valence-electron chi connectivity index (χ1n) is 9.76. The van der Waals surface area contributed by atoms with Crippen molar-refractivity contribution in [2.75, 3.05) is 49.1 Å². The van der Waals surface area contributed by atoms with Crippen molar-refractivity contribution >= 4 is 11.6 Å². The molecule has 26 heavy (non-hydrogen) atoms. The maximum absolute atomic E-state index is 4.52. The minimum absolute atomic E-state index is 0.931. The highest BCUT2D eigenvalue weighted by atomic mass is 15.3. The SMILES string of the molecule is Cc1cccnc1CN1CCN(c2ccc(N3CCCCC3)nn2)CC1. The molecule has 2 aromatic heterocycles. The van der Waals surface area contributed by atoms with Gasteiger partial charge in [0.15, 0.2) is 11.6 Å². The third kappa shape index (κ3) is 3.96. The third-order valence-corrected chi connectivity index (χ3v) is 5.50. The van der Waals surface area contributed by atoms with Crippen molar-refractivity contribution in [1.82, 2.24) is 20.1 Å². The molecule has 2 fully saturated rings. The van der Waals surface area contributed by atoms with E-state index in [4.69, 9.17) is 0 Å². The first-order chi connectivity index (χ1) is 12.8. The smallest absolute Gasteiger partial charge is 0.151 e. The van der Waals surface area contributed by atoms with Crippen LogP contribution in [0.15, 0.2) is 30.5 Å². The highest BCUT2D eigenvalue weighted by Gasteiger charge is 2.20. The predicted molar refractivity (Wildman–Crippen MR) is 105 cm³/mol. The van der Waals surface area contributed by atoms with Gasteiger partial charge in [0.2, 0.25) is 0 Å². The first kappa shape index (κ1) is 17.2. The Hall–Kier alpha value is -2.21. The maximum atomic E-state index is 4.52. The molecule has 6 heteroatoms. The van der Waals surface area contributed by atoms with Crippen molar-refractivity contribution in [1.29, 1.82) is 0 Å². The lowest BCUT2D eigenvalue weighted by molar-refractivity contribution is 0.246. The zero-order chi connectivity index (χ0) is 17.8. The summed E-state index contributed by atoms with van der Waals surface area (Å²) >= 11 is 0. The third-order valence-electron chi connectivity index (χ3n) is 5.50. The van der Waals surface area contributed by atoms with Gasteiger partial charge in [-0.25, -0.2) is 0 Å². The standard InChI is InChI=1S/C20H28N6/c1-17-6-5-9-21-18(17)16-24-12-14-26(15-13-24)20-8-7-19(22-23-20)25-10-3-2-4-11-25/h5-9H,2-4,10-16H2,1H3. The Kier molecular flexibility index (Phi) is 5.29. The number of piperidine rings is 1. The Morgan fingerprint density at radius 3 is 2.08 bits per heavy atom. The summed E-state index contributed by atoms with van der Waals surface area (Å²) in [6.07, 6.45) is 5.75. The highest BCUT2D eigenvalue weighted by molar-refractivity contribution is 5.45. The first-order valence-corrected chi connectivity index (χ1v) is 9.76. The zero-order valence-electron chi connectivity index (χ0n) is 15.6. The van der Waals surface area contributed by atoms with Gasteiger partial charge in [0.25, 0.3) is 0 Å². The molecule has 2 aromatic rings. The van der Waals surface area contributed by atoms with Gasteiger partial charge < -0.3 is 9.80 Å². The fraction of sp³-hybridized carbons (Fsp3) is 0.550. The molecule has 0 atom stereocenters. The van der Waals surface area contributed by atoms with E-state index in [1.54, 1.807) is 0 Å². The average molecular weight is 352 g/mol. The molecule has 0 aromatic carbocycles. The predicted octanol–water partition coefficient (Wildman–Crippen LogP) is 2.49. The molecule has 0 saturated carbocycles. The molecule has 4 rings (SSSR count). The molecule has 0 N–H and O–H groups in total. The van der Waals surface area contributed by atoms with Crippen LogP contribution in [0.5, 0.6) is 0 Å². The van der Waals surface area contributed by atoms with Gasteiger partial charge in [-0.05, 0) is 49.9 Å². The second-order valence-electron chi connectivity index (χ2n) is 7.33. The summed E-state index contributed by atoms with van der Waals surface area (Å²) in [7, 11) is 0. The number of anilines is 2. The molecule has 0 amide bonds. The molecule has 4 heterocycles. The molecule has 2 saturated heterocycles. The number of piperazine rings is 1. The van der Waals surface area contributed by atoms with Gasteiger partial charge in [-0.3, -0.25) is 9.88 Å². The van der Waals surface area contributed by atoms with E-state index < -0.39 is 0 Å². The molecule has 138 valence electrons. The van der Waals surface area contributed by atoms with Gasteiger partial charge >= 0.3 is 0 Å². The summed E-state index contributed by atoms with van der Waals surface area (Å²) in [5.74, 6) is 2.03. The fourth-order valence-corrected chi connectivity index (χ4v) is 3.81. The number of aryl methyl sites for hydroxylation is 1. The van der Waals surface area contributed by atoms with Crippen LogP contribution in [0.3, 0.4) is 0 Å². The molecular formula is C20H28N6. The van der Waals surface area contributed by atoms with Gasteiger partial charge in [0.1, 0.15) is 0 Å².